The van der Waals surface area contributed by atoms with Crippen LogP contribution in [0.2, 0.25) is 0 Å². The van der Waals surface area contributed by atoms with E-state index in [1.54, 1.807) is 14.2 Å². The molecule has 20 heavy (non-hydrogen) atoms. The Kier molecular flexibility index (Phi) is 8.02. The van der Waals surface area contributed by atoms with Crippen LogP contribution in [0.3, 0.4) is 0 Å². The van der Waals surface area contributed by atoms with Gasteiger partial charge in [0.05, 0.1) is 14.2 Å². The molecule has 1 aliphatic heterocycles. The fraction of sp³-hybridized carbons (Fsp3) is 0.600. The lowest BCUT2D eigenvalue weighted by Gasteiger charge is -2.19. The van der Waals surface area contributed by atoms with E-state index in [2.05, 4.69) is 5.32 Å². The van der Waals surface area contributed by atoms with Crippen molar-refractivity contribution in [1.29, 1.82) is 0 Å². The molecule has 0 aliphatic carbocycles. The molecule has 1 fully saturated rings. The van der Waals surface area contributed by atoms with Gasteiger partial charge in [0.25, 0.3) is 0 Å². The number of piperidine rings is 1. The van der Waals surface area contributed by atoms with Crippen molar-refractivity contribution in [2.45, 2.75) is 19.4 Å². The molecule has 0 spiro atoms. The van der Waals surface area contributed by atoms with Gasteiger partial charge in [-0.15, -0.1) is 0 Å². The summed E-state index contributed by atoms with van der Waals surface area (Å²) in [6.07, 6.45) is 2.43. The summed E-state index contributed by atoms with van der Waals surface area (Å²) in [6, 6.07) is 5.64. The second kappa shape index (κ2) is 9.58. The summed E-state index contributed by atoms with van der Waals surface area (Å²) in [6.45, 7) is 3.01. The third-order valence-corrected chi connectivity index (χ3v) is 3.34. The molecule has 1 aromatic rings. The number of rotatable bonds is 4. The molecule has 0 aromatic heterocycles. The first-order chi connectivity index (χ1) is 9.74. The molecule has 114 valence electrons. The molecule has 2 rings (SSSR count). The van der Waals surface area contributed by atoms with Crippen molar-refractivity contribution in [3.8, 4) is 11.5 Å². The summed E-state index contributed by atoms with van der Waals surface area (Å²) in [5.41, 5.74) is 6.50. The standard InChI is InChI=1S/C9H13NO2.C6H13NO/c1-11-8-4-3-7(6-10)5-9(8)12-2;8-5-6-2-1-3-7-4-6/h3-5H,6,10H2,1-2H3;6-8H,1-5H2. The van der Waals surface area contributed by atoms with Gasteiger partial charge >= 0.3 is 0 Å². The third-order valence-electron chi connectivity index (χ3n) is 3.34. The van der Waals surface area contributed by atoms with E-state index in [-0.39, 0.29) is 0 Å². The van der Waals surface area contributed by atoms with Gasteiger partial charge in [-0.1, -0.05) is 6.07 Å². The number of nitrogens with one attached hydrogen (secondary N) is 1. The molecule has 1 aromatic carbocycles. The number of methoxy groups -OCH3 is 2. The van der Waals surface area contributed by atoms with Gasteiger partial charge < -0.3 is 25.6 Å². The zero-order chi connectivity index (χ0) is 14.8. The Morgan fingerprint density at radius 3 is 2.50 bits per heavy atom. The van der Waals surface area contributed by atoms with E-state index in [1.807, 2.05) is 18.2 Å². The van der Waals surface area contributed by atoms with E-state index in [9.17, 15) is 0 Å². The number of ether oxygens (including phenoxy) is 2. The molecule has 0 radical (unpaired) electrons. The average Bonchev–Trinajstić information content (AvgIpc) is 2.55. The van der Waals surface area contributed by atoms with Crippen molar-refractivity contribution in [2.75, 3.05) is 33.9 Å². The first kappa shape index (κ1) is 16.8. The smallest absolute Gasteiger partial charge is 0.161 e. The Morgan fingerprint density at radius 1 is 1.30 bits per heavy atom. The molecule has 1 unspecified atom stereocenters. The molecule has 1 saturated heterocycles. The van der Waals surface area contributed by atoms with Gasteiger partial charge in [0.2, 0.25) is 0 Å². The van der Waals surface area contributed by atoms with Crippen molar-refractivity contribution in [3.05, 3.63) is 23.8 Å². The van der Waals surface area contributed by atoms with Crippen molar-refractivity contribution in [1.82, 2.24) is 5.32 Å². The summed E-state index contributed by atoms with van der Waals surface area (Å²) >= 11 is 0. The monoisotopic (exact) mass is 282 g/mol. The number of benzene rings is 1. The molecule has 1 heterocycles. The Labute approximate surface area is 121 Å². The summed E-state index contributed by atoms with van der Waals surface area (Å²) in [4.78, 5) is 0. The average molecular weight is 282 g/mol. The van der Waals surface area contributed by atoms with Crippen molar-refractivity contribution >= 4 is 0 Å². The number of hydrogen-bond acceptors (Lipinski definition) is 5. The third kappa shape index (κ3) is 5.36. The summed E-state index contributed by atoms with van der Waals surface area (Å²) in [7, 11) is 3.22. The second-order valence-electron chi connectivity index (χ2n) is 4.79. The molecule has 5 heteroatoms. The van der Waals surface area contributed by atoms with Crippen LogP contribution < -0.4 is 20.5 Å². The predicted octanol–water partition coefficient (Wildman–Crippen LogP) is 1.14. The molecule has 0 bridgehead atoms. The van der Waals surface area contributed by atoms with Crippen LogP contribution in [0.15, 0.2) is 18.2 Å². The van der Waals surface area contributed by atoms with Gasteiger partial charge in [0, 0.05) is 19.7 Å². The zero-order valence-electron chi connectivity index (χ0n) is 12.4. The lowest BCUT2D eigenvalue weighted by Crippen LogP contribution is -2.31. The van der Waals surface area contributed by atoms with E-state index in [4.69, 9.17) is 20.3 Å². The van der Waals surface area contributed by atoms with Gasteiger partial charge in [-0.3, -0.25) is 0 Å². The highest BCUT2D eigenvalue weighted by molar-refractivity contribution is 5.42. The lowest BCUT2D eigenvalue weighted by atomic mass is 10.0. The summed E-state index contributed by atoms with van der Waals surface area (Å²) in [5, 5.41) is 11.9. The van der Waals surface area contributed by atoms with Gasteiger partial charge in [-0.05, 0) is 43.0 Å². The first-order valence-corrected chi connectivity index (χ1v) is 6.97. The zero-order valence-corrected chi connectivity index (χ0v) is 12.4. The normalized spacial score (nSPS) is 17.9. The number of nitrogens with two attached hydrogens (primary N) is 1. The molecule has 1 atom stereocenters. The van der Waals surface area contributed by atoms with Gasteiger partial charge in [-0.25, -0.2) is 0 Å². The fourth-order valence-electron chi connectivity index (χ4n) is 2.09. The SMILES string of the molecule is COc1ccc(CN)cc1OC.OCC1CCCNC1. The van der Waals surface area contributed by atoms with Gasteiger partial charge in [0.1, 0.15) is 0 Å². The maximum Gasteiger partial charge on any atom is 0.161 e. The molecule has 0 saturated carbocycles. The van der Waals surface area contributed by atoms with Crippen LogP contribution in [-0.4, -0.2) is 39.0 Å². The number of hydrogen-bond donors (Lipinski definition) is 3. The predicted molar refractivity (Wildman–Crippen MR) is 80.1 cm³/mol. The highest BCUT2D eigenvalue weighted by atomic mass is 16.5. The number of aliphatic hydroxyl groups excluding tert-OH is 1. The minimum Gasteiger partial charge on any atom is -0.493 e. The minimum absolute atomic E-state index is 0.354. The molecule has 5 nitrogen and oxygen atoms in total. The van der Waals surface area contributed by atoms with Gasteiger partial charge in [-0.2, -0.15) is 0 Å². The van der Waals surface area contributed by atoms with Crippen molar-refractivity contribution in [2.24, 2.45) is 11.7 Å². The maximum absolute atomic E-state index is 8.65. The van der Waals surface area contributed by atoms with Crippen LogP contribution in [0.1, 0.15) is 18.4 Å². The maximum atomic E-state index is 8.65. The Balaban J connectivity index is 0.000000217. The van der Waals surface area contributed by atoms with Crippen molar-refractivity contribution in [3.63, 3.8) is 0 Å². The van der Waals surface area contributed by atoms with E-state index in [1.165, 1.54) is 12.8 Å². The van der Waals surface area contributed by atoms with Crippen LogP contribution in [-0.2, 0) is 6.54 Å². The van der Waals surface area contributed by atoms with E-state index in [0.29, 0.717) is 19.1 Å². The van der Waals surface area contributed by atoms with E-state index >= 15 is 0 Å². The molecule has 4 N–H and O–H groups in total. The summed E-state index contributed by atoms with van der Waals surface area (Å²) < 4.78 is 10.2. The Bertz CT molecular complexity index is 379. The Hall–Kier alpha value is -1.30. The van der Waals surface area contributed by atoms with Crippen molar-refractivity contribution < 1.29 is 14.6 Å². The first-order valence-electron chi connectivity index (χ1n) is 6.97. The minimum atomic E-state index is 0.354. The van der Waals surface area contributed by atoms with E-state index < -0.39 is 0 Å². The Morgan fingerprint density at radius 2 is 2.05 bits per heavy atom. The van der Waals surface area contributed by atoms with Crippen LogP contribution in [0, 0.1) is 5.92 Å². The molecule has 1 aliphatic rings. The van der Waals surface area contributed by atoms with Crippen LogP contribution in [0.25, 0.3) is 0 Å². The second-order valence-corrected chi connectivity index (χ2v) is 4.79. The molecular weight excluding hydrogens is 256 g/mol. The highest BCUT2D eigenvalue weighted by Gasteiger charge is 2.09. The van der Waals surface area contributed by atoms with Crippen LogP contribution in [0.4, 0.5) is 0 Å². The molecular formula is C15H26N2O3. The van der Waals surface area contributed by atoms with Crippen LogP contribution >= 0.6 is 0 Å². The topological polar surface area (TPSA) is 76.7 Å². The fourth-order valence-corrected chi connectivity index (χ4v) is 2.09. The lowest BCUT2D eigenvalue weighted by molar-refractivity contribution is 0.199. The molecule has 0 amide bonds. The van der Waals surface area contributed by atoms with Gasteiger partial charge in [0.15, 0.2) is 11.5 Å². The highest BCUT2D eigenvalue weighted by Crippen LogP contribution is 2.27. The quantitative estimate of drug-likeness (QED) is 0.772. The van der Waals surface area contributed by atoms with E-state index in [0.717, 1.165) is 30.2 Å². The summed E-state index contributed by atoms with van der Waals surface area (Å²) in [5.74, 6) is 1.99. The number of aliphatic hydroxyl groups is 1. The van der Waals surface area contributed by atoms with Crippen LogP contribution in [0.5, 0.6) is 11.5 Å². The largest absolute Gasteiger partial charge is 0.493 e.